The first-order valence-corrected chi connectivity index (χ1v) is 4.57. The maximum absolute atomic E-state index is 11.8. The molecule has 14 heavy (non-hydrogen) atoms. The minimum atomic E-state index is -0.429. The monoisotopic (exact) mass is 193 g/mol. The Morgan fingerprint density at radius 1 is 1.43 bits per heavy atom. The van der Waals surface area contributed by atoms with Gasteiger partial charge in [0, 0.05) is 5.41 Å². The molecule has 0 atom stereocenters. The van der Waals surface area contributed by atoms with Gasteiger partial charge in [0.1, 0.15) is 5.69 Å². The fourth-order valence-corrected chi connectivity index (χ4v) is 1.08. The molecule has 3 heteroatoms. The molecule has 1 heterocycles. The summed E-state index contributed by atoms with van der Waals surface area (Å²) in [6, 6.07) is 5.10. The predicted octanol–water partition coefficient (Wildman–Crippen LogP) is 1.80. The van der Waals surface area contributed by atoms with Gasteiger partial charge >= 0.3 is 0 Å². The molecule has 0 radical (unpaired) electrons. The van der Waals surface area contributed by atoms with Gasteiger partial charge < -0.3 is 5.11 Å². The van der Waals surface area contributed by atoms with Crippen LogP contribution in [0.5, 0.6) is 0 Å². The first-order valence-electron chi connectivity index (χ1n) is 4.57. The highest BCUT2D eigenvalue weighted by Gasteiger charge is 2.23. The number of carbonyl (C=O) groups is 1. The summed E-state index contributed by atoms with van der Waals surface area (Å²) in [4.78, 5) is 15.8. The second-order valence-corrected chi connectivity index (χ2v) is 4.25. The number of hydrogen-bond acceptors (Lipinski definition) is 3. The molecule has 0 spiro atoms. The number of aromatic nitrogens is 1. The molecule has 0 amide bonds. The summed E-state index contributed by atoms with van der Waals surface area (Å²) >= 11 is 0. The maximum Gasteiger partial charge on any atom is 0.186 e. The molecule has 0 saturated carbocycles. The Labute approximate surface area is 83.8 Å². The van der Waals surface area contributed by atoms with Gasteiger partial charge in [0.15, 0.2) is 5.78 Å². The van der Waals surface area contributed by atoms with E-state index in [1.807, 2.05) is 20.8 Å². The van der Waals surface area contributed by atoms with E-state index in [2.05, 4.69) is 4.98 Å². The third-order valence-corrected chi connectivity index (χ3v) is 1.88. The molecule has 76 valence electrons. The Bertz CT molecular complexity index is 339. The number of carbonyl (C=O) groups excluding carboxylic acids is 1. The van der Waals surface area contributed by atoms with Crippen LogP contribution in [0.1, 0.15) is 37.0 Å². The van der Waals surface area contributed by atoms with Gasteiger partial charge in [-0.25, -0.2) is 4.98 Å². The Morgan fingerprint density at radius 3 is 2.57 bits per heavy atom. The van der Waals surface area contributed by atoms with Crippen molar-refractivity contribution in [3.63, 3.8) is 0 Å². The Morgan fingerprint density at radius 2 is 2.07 bits per heavy atom. The minimum absolute atomic E-state index is 0.00667. The van der Waals surface area contributed by atoms with Crippen LogP contribution in [0, 0.1) is 5.41 Å². The van der Waals surface area contributed by atoms with E-state index < -0.39 is 5.41 Å². The molecule has 1 N–H and O–H groups in total. The zero-order valence-corrected chi connectivity index (χ0v) is 8.74. The van der Waals surface area contributed by atoms with Crippen molar-refractivity contribution >= 4 is 5.78 Å². The minimum Gasteiger partial charge on any atom is -0.390 e. The number of aliphatic hydroxyl groups excluding tert-OH is 1. The third kappa shape index (κ3) is 2.39. The topological polar surface area (TPSA) is 50.2 Å². The highest BCUT2D eigenvalue weighted by atomic mass is 16.3. The van der Waals surface area contributed by atoms with Crippen molar-refractivity contribution in [1.82, 2.24) is 4.98 Å². The third-order valence-electron chi connectivity index (χ3n) is 1.88. The molecule has 0 aliphatic carbocycles. The van der Waals surface area contributed by atoms with Crippen molar-refractivity contribution < 1.29 is 9.90 Å². The summed E-state index contributed by atoms with van der Waals surface area (Å²) in [6.45, 7) is 5.42. The van der Waals surface area contributed by atoms with Gasteiger partial charge in [0.05, 0.1) is 12.3 Å². The van der Waals surface area contributed by atoms with Crippen molar-refractivity contribution in [2.24, 2.45) is 5.41 Å². The van der Waals surface area contributed by atoms with Crippen LogP contribution in [0.4, 0.5) is 0 Å². The molecule has 1 rings (SSSR count). The number of rotatable bonds is 2. The number of hydrogen-bond donors (Lipinski definition) is 1. The van der Waals surface area contributed by atoms with E-state index >= 15 is 0 Å². The van der Waals surface area contributed by atoms with Crippen LogP contribution in [0.3, 0.4) is 0 Å². The van der Waals surface area contributed by atoms with Crippen LogP contribution in [0.25, 0.3) is 0 Å². The maximum atomic E-state index is 11.8. The number of nitrogens with zero attached hydrogens (tertiary/aromatic N) is 1. The second kappa shape index (κ2) is 3.88. The number of pyridine rings is 1. The molecular formula is C11H15NO2. The van der Waals surface area contributed by atoms with E-state index in [9.17, 15) is 4.79 Å². The summed E-state index contributed by atoms with van der Waals surface area (Å²) in [5, 5.41) is 8.87. The summed E-state index contributed by atoms with van der Waals surface area (Å²) in [6.07, 6.45) is 0. The zero-order chi connectivity index (χ0) is 10.8. The molecule has 0 aromatic carbocycles. The highest BCUT2D eigenvalue weighted by Crippen LogP contribution is 2.19. The van der Waals surface area contributed by atoms with E-state index in [4.69, 9.17) is 5.11 Å². The van der Waals surface area contributed by atoms with Gasteiger partial charge in [-0.1, -0.05) is 26.8 Å². The lowest BCUT2D eigenvalue weighted by molar-refractivity contribution is 0.0852. The molecule has 0 saturated heterocycles. The molecule has 0 fully saturated rings. The molecule has 0 unspecified atom stereocenters. The van der Waals surface area contributed by atoms with E-state index in [1.165, 1.54) is 0 Å². The smallest absolute Gasteiger partial charge is 0.186 e. The number of aliphatic hydroxyl groups is 1. The first kappa shape index (κ1) is 10.9. The van der Waals surface area contributed by atoms with E-state index in [0.717, 1.165) is 0 Å². The SMILES string of the molecule is CC(C)(C)C(=O)c1cccc(CO)n1. The average Bonchev–Trinajstić information content (AvgIpc) is 2.15. The molecule has 1 aromatic rings. The molecule has 0 aliphatic heterocycles. The van der Waals surface area contributed by atoms with Gasteiger partial charge in [-0.15, -0.1) is 0 Å². The normalized spacial score (nSPS) is 11.4. The van der Waals surface area contributed by atoms with Crippen molar-refractivity contribution in [3.8, 4) is 0 Å². The standard InChI is InChI=1S/C11H15NO2/c1-11(2,3)10(14)9-6-4-5-8(7-13)12-9/h4-6,13H,7H2,1-3H3. The van der Waals surface area contributed by atoms with Crippen LogP contribution >= 0.6 is 0 Å². The first-order chi connectivity index (χ1) is 6.45. The molecule has 1 aromatic heterocycles. The zero-order valence-electron chi connectivity index (χ0n) is 8.74. The average molecular weight is 193 g/mol. The Kier molecular flexibility index (Phi) is 3.01. The molecule has 3 nitrogen and oxygen atoms in total. The fraction of sp³-hybridized carbons (Fsp3) is 0.455. The summed E-state index contributed by atoms with van der Waals surface area (Å²) in [7, 11) is 0. The van der Waals surface area contributed by atoms with Gasteiger partial charge in [0.25, 0.3) is 0 Å². The fourth-order valence-electron chi connectivity index (χ4n) is 1.08. The van der Waals surface area contributed by atoms with Crippen LogP contribution < -0.4 is 0 Å². The van der Waals surface area contributed by atoms with Crippen LogP contribution in [-0.4, -0.2) is 15.9 Å². The quantitative estimate of drug-likeness (QED) is 0.729. The lowest BCUT2D eigenvalue weighted by Gasteiger charge is -2.15. The summed E-state index contributed by atoms with van der Waals surface area (Å²) < 4.78 is 0. The van der Waals surface area contributed by atoms with Gasteiger partial charge in [-0.3, -0.25) is 4.79 Å². The van der Waals surface area contributed by atoms with Crippen molar-refractivity contribution in [1.29, 1.82) is 0 Å². The molecule has 0 aliphatic rings. The van der Waals surface area contributed by atoms with E-state index in [1.54, 1.807) is 18.2 Å². The van der Waals surface area contributed by atoms with Gasteiger partial charge in [0.2, 0.25) is 0 Å². The highest BCUT2D eigenvalue weighted by molar-refractivity contribution is 5.98. The van der Waals surface area contributed by atoms with Crippen LogP contribution in [-0.2, 0) is 6.61 Å². The van der Waals surface area contributed by atoms with E-state index in [0.29, 0.717) is 11.4 Å². The lowest BCUT2D eigenvalue weighted by Crippen LogP contribution is -2.21. The largest absolute Gasteiger partial charge is 0.390 e. The predicted molar refractivity (Wildman–Crippen MR) is 53.9 cm³/mol. The second-order valence-electron chi connectivity index (χ2n) is 4.25. The number of ketones is 1. The molecular weight excluding hydrogens is 178 g/mol. The van der Waals surface area contributed by atoms with E-state index in [-0.39, 0.29) is 12.4 Å². The van der Waals surface area contributed by atoms with Crippen LogP contribution in [0.15, 0.2) is 18.2 Å². The van der Waals surface area contributed by atoms with Gasteiger partial charge in [-0.2, -0.15) is 0 Å². The van der Waals surface area contributed by atoms with Crippen molar-refractivity contribution in [3.05, 3.63) is 29.6 Å². The number of Topliss-reactive ketones (excluding diaryl/α,β-unsaturated/α-hetero) is 1. The van der Waals surface area contributed by atoms with Crippen LogP contribution in [0.2, 0.25) is 0 Å². The lowest BCUT2D eigenvalue weighted by atomic mass is 9.89. The summed E-state index contributed by atoms with van der Waals surface area (Å²) in [5.41, 5.74) is 0.519. The summed E-state index contributed by atoms with van der Waals surface area (Å²) in [5.74, 6) is -0.00667. The Balaban J connectivity index is 3.02. The molecule has 0 bridgehead atoms. The van der Waals surface area contributed by atoms with Crippen molar-refractivity contribution in [2.45, 2.75) is 27.4 Å². The Hall–Kier alpha value is -1.22. The van der Waals surface area contributed by atoms with Crippen molar-refractivity contribution in [2.75, 3.05) is 0 Å². The van der Waals surface area contributed by atoms with Gasteiger partial charge in [-0.05, 0) is 12.1 Å².